The zero-order chi connectivity index (χ0) is 24.6. The van der Waals surface area contributed by atoms with Gasteiger partial charge >= 0.3 is 0 Å². The molecule has 178 valence electrons. The van der Waals surface area contributed by atoms with Gasteiger partial charge in [-0.2, -0.15) is 5.10 Å². The number of hydrogen-bond acceptors (Lipinski definition) is 7. The van der Waals surface area contributed by atoms with Crippen molar-refractivity contribution in [1.29, 1.82) is 0 Å². The van der Waals surface area contributed by atoms with Gasteiger partial charge in [0.2, 0.25) is 0 Å². The molecule has 0 spiro atoms. The highest BCUT2D eigenvalue weighted by Crippen LogP contribution is 2.27. The van der Waals surface area contributed by atoms with Gasteiger partial charge in [-0.25, -0.2) is 13.8 Å². The smallest absolute Gasteiger partial charge is 0.264 e. The lowest BCUT2D eigenvalue weighted by atomic mass is 10.2. The van der Waals surface area contributed by atoms with Crippen LogP contribution in [0.3, 0.4) is 0 Å². The van der Waals surface area contributed by atoms with E-state index >= 15 is 0 Å². The van der Waals surface area contributed by atoms with Crippen LogP contribution in [0.2, 0.25) is 0 Å². The molecule has 0 aliphatic carbocycles. The maximum Gasteiger partial charge on any atom is 0.264 e. The van der Waals surface area contributed by atoms with E-state index in [1.807, 2.05) is 0 Å². The van der Waals surface area contributed by atoms with Gasteiger partial charge in [0.05, 0.1) is 30.5 Å². The molecule has 10 heteroatoms. The summed E-state index contributed by atoms with van der Waals surface area (Å²) in [6, 6.07) is 18.9. The summed E-state index contributed by atoms with van der Waals surface area (Å²) in [6.45, 7) is 1.65. The molecule has 0 bridgehead atoms. The van der Waals surface area contributed by atoms with Crippen molar-refractivity contribution in [3.63, 3.8) is 0 Å². The van der Waals surface area contributed by atoms with Crippen LogP contribution in [0.4, 0.5) is 5.69 Å². The van der Waals surface area contributed by atoms with Gasteiger partial charge in [0.15, 0.2) is 11.5 Å². The molecule has 2 N–H and O–H groups in total. The molecule has 3 aromatic rings. The Morgan fingerprint density at radius 1 is 1.09 bits per heavy atom. The molecule has 0 aromatic heterocycles. The van der Waals surface area contributed by atoms with Gasteiger partial charge < -0.3 is 14.6 Å². The van der Waals surface area contributed by atoms with E-state index in [0.29, 0.717) is 17.9 Å². The highest BCUT2D eigenvalue weighted by Gasteiger charge is 2.27. The van der Waals surface area contributed by atoms with Crippen LogP contribution in [0.25, 0.3) is 0 Å². The van der Waals surface area contributed by atoms with Crippen molar-refractivity contribution in [3.05, 3.63) is 78.4 Å². The number of methoxy groups -OCH3 is 1. The molecule has 0 saturated carbocycles. The lowest BCUT2D eigenvalue weighted by molar-refractivity contribution is -0.119. The van der Waals surface area contributed by atoms with Crippen LogP contribution in [-0.4, -0.2) is 45.9 Å². The molecular weight excluding hydrogens is 458 g/mol. The summed E-state index contributed by atoms with van der Waals surface area (Å²) in [4.78, 5) is 12.7. The highest BCUT2D eigenvalue weighted by atomic mass is 32.2. The monoisotopic (exact) mass is 483 g/mol. The second-order valence-corrected chi connectivity index (χ2v) is 8.84. The number of nitrogens with one attached hydrogen (secondary N) is 1. The Balaban J connectivity index is 1.82. The minimum Gasteiger partial charge on any atom is -0.504 e. The fourth-order valence-electron chi connectivity index (χ4n) is 3.03. The Bertz CT molecular complexity index is 1260. The molecule has 3 rings (SSSR count). The summed E-state index contributed by atoms with van der Waals surface area (Å²) in [5.41, 5.74) is 3.18. The first-order valence-corrected chi connectivity index (χ1v) is 11.8. The molecule has 3 aromatic carbocycles. The quantitative estimate of drug-likeness (QED) is 0.338. The summed E-state index contributed by atoms with van der Waals surface area (Å²) in [6.07, 6.45) is 1.36. The Labute approximate surface area is 198 Å². The van der Waals surface area contributed by atoms with Gasteiger partial charge in [0.1, 0.15) is 12.3 Å². The minimum atomic E-state index is -4.05. The van der Waals surface area contributed by atoms with Crippen molar-refractivity contribution in [2.75, 3.05) is 24.6 Å². The van der Waals surface area contributed by atoms with E-state index in [-0.39, 0.29) is 22.1 Å². The molecule has 0 unspecified atom stereocenters. The van der Waals surface area contributed by atoms with Crippen LogP contribution in [0, 0.1) is 0 Å². The van der Waals surface area contributed by atoms with Crippen LogP contribution < -0.4 is 19.2 Å². The average Bonchev–Trinajstić information content (AvgIpc) is 2.85. The van der Waals surface area contributed by atoms with Crippen molar-refractivity contribution in [2.45, 2.75) is 11.8 Å². The summed E-state index contributed by atoms with van der Waals surface area (Å²) in [5, 5.41) is 13.7. The van der Waals surface area contributed by atoms with Crippen molar-refractivity contribution in [3.8, 4) is 17.2 Å². The summed E-state index contributed by atoms with van der Waals surface area (Å²) in [7, 11) is -2.58. The van der Waals surface area contributed by atoms with Crippen molar-refractivity contribution < 1.29 is 27.8 Å². The number of hydrazone groups is 1. The first-order valence-electron chi connectivity index (χ1n) is 10.3. The molecule has 1 amide bonds. The first-order chi connectivity index (χ1) is 16.3. The number of ether oxygens (including phenoxy) is 2. The number of carbonyl (C=O) groups is 1. The van der Waals surface area contributed by atoms with Crippen LogP contribution in [0.5, 0.6) is 17.2 Å². The zero-order valence-corrected chi connectivity index (χ0v) is 19.5. The molecule has 0 heterocycles. The third-order valence-corrected chi connectivity index (χ3v) is 6.43. The van der Waals surface area contributed by atoms with E-state index in [1.54, 1.807) is 55.5 Å². The normalized spacial score (nSPS) is 11.2. The van der Waals surface area contributed by atoms with E-state index in [9.17, 15) is 18.3 Å². The first kappa shape index (κ1) is 24.6. The predicted octanol–water partition coefficient (Wildman–Crippen LogP) is 3.15. The lowest BCUT2D eigenvalue weighted by Crippen LogP contribution is -2.39. The second-order valence-electron chi connectivity index (χ2n) is 6.98. The van der Waals surface area contributed by atoms with Gasteiger partial charge in [-0.15, -0.1) is 0 Å². The summed E-state index contributed by atoms with van der Waals surface area (Å²) >= 11 is 0. The Morgan fingerprint density at radius 3 is 2.56 bits per heavy atom. The number of nitrogens with zero attached hydrogens (tertiary/aromatic N) is 2. The summed E-state index contributed by atoms with van der Waals surface area (Å²) < 4.78 is 38.2. The van der Waals surface area contributed by atoms with Gasteiger partial charge in [-0.3, -0.25) is 9.10 Å². The fraction of sp³-hybridized carbons (Fsp3) is 0.167. The maximum atomic E-state index is 13.3. The third kappa shape index (κ3) is 6.04. The largest absolute Gasteiger partial charge is 0.504 e. The van der Waals surface area contributed by atoms with Crippen molar-refractivity contribution >= 4 is 27.8 Å². The van der Waals surface area contributed by atoms with Crippen LogP contribution in [-0.2, 0) is 14.8 Å². The van der Waals surface area contributed by atoms with E-state index < -0.39 is 22.5 Å². The Hall–Kier alpha value is -4.05. The number of phenolic OH excluding ortho intramolecular Hbond substituents is 1. The topological polar surface area (TPSA) is 118 Å². The van der Waals surface area contributed by atoms with E-state index in [0.717, 1.165) is 4.31 Å². The van der Waals surface area contributed by atoms with E-state index in [4.69, 9.17) is 9.47 Å². The van der Waals surface area contributed by atoms with Crippen LogP contribution in [0.15, 0.2) is 82.8 Å². The standard InChI is InChI=1S/C24H25N3O6S/c1-3-33-23-14-18(12-13-22(23)28)16-25-26-24(29)17-27(19-8-7-9-20(15-19)32-2)34(30,31)21-10-5-4-6-11-21/h4-16,28H,3,17H2,1-2H3,(H,26,29)/b25-16-. The lowest BCUT2D eigenvalue weighted by Gasteiger charge is -2.24. The molecule has 0 saturated heterocycles. The van der Waals surface area contributed by atoms with Crippen LogP contribution >= 0.6 is 0 Å². The number of anilines is 1. The highest BCUT2D eigenvalue weighted by molar-refractivity contribution is 7.92. The van der Waals surface area contributed by atoms with E-state index in [2.05, 4.69) is 10.5 Å². The van der Waals surface area contributed by atoms with Gasteiger partial charge in [0.25, 0.3) is 15.9 Å². The Kier molecular flexibility index (Phi) is 8.10. The van der Waals surface area contributed by atoms with Crippen molar-refractivity contribution in [1.82, 2.24) is 5.43 Å². The third-order valence-electron chi connectivity index (χ3n) is 4.65. The number of carbonyl (C=O) groups excluding carboxylic acids is 1. The van der Waals surface area contributed by atoms with Gasteiger partial charge in [0, 0.05) is 6.07 Å². The number of amides is 1. The molecular formula is C24H25N3O6S. The number of aromatic hydroxyl groups is 1. The minimum absolute atomic E-state index is 0.0110. The molecule has 0 aliphatic rings. The number of phenols is 1. The average molecular weight is 484 g/mol. The number of rotatable bonds is 10. The summed E-state index contributed by atoms with van der Waals surface area (Å²) in [5.74, 6) is 0.0722. The number of sulfonamides is 1. The SMILES string of the molecule is CCOc1cc(/C=N\NC(=O)CN(c2cccc(OC)c2)S(=O)(=O)c2ccccc2)ccc1O. The molecule has 0 fully saturated rings. The van der Waals surface area contributed by atoms with E-state index in [1.165, 1.54) is 37.6 Å². The molecule has 34 heavy (non-hydrogen) atoms. The molecule has 0 radical (unpaired) electrons. The molecule has 9 nitrogen and oxygen atoms in total. The number of benzene rings is 3. The molecule has 0 aliphatic heterocycles. The zero-order valence-electron chi connectivity index (χ0n) is 18.7. The van der Waals surface area contributed by atoms with Gasteiger partial charge in [-0.1, -0.05) is 24.3 Å². The van der Waals surface area contributed by atoms with Gasteiger partial charge in [-0.05, 0) is 55.0 Å². The number of hydrogen-bond donors (Lipinski definition) is 2. The van der Waals surface area contributed by atoms with Crippen molar-refractivity contribution in [2.24, 2.45) is 5.10 Å². The Morgan fingerprint density at radius 2 is 1.85 bits per heavy atom. The van der Waals surface area contributed by atoms with Crippen LogP contribution in [0.1, 0.15) is 12.5 Å². The fourth-order valence-corrected chi connectivity index (χ4v) is 4.46. The second kappa shape index (κ2) is 11.2. The molecule has 0 atom stereocenters. The predicted molar refractivity (Wildman–Crippen MR) is 129 cm³/mol. The maximum absolute atomic E-state index is 13.3.